The molecule has 0 N–H and O–H groups in total. The number of anilines is 1. The van der Waals surface area contributed by atoms with Gasteiger partial charge in [-0.25, -0.2) is 4.90 Å². The van der Waals surface area contributed by atoms with Crippen LogP contribution in [0.25, 0.3) is 5.57 Å². The minimum absolute atomic E-state index is 0.325. The van der Waals surface area contributed by atoms with Gasteiger partial charge in [-0.3, -0.25) is 9.59 Å². The van der Waals surface area contributed by atoms with Gasteiger partial charge in [-0.1, -0.05) is 41.9 Å². The van der Waals surface area contributed by atoms with Crippen molar-refractivity contribution in [3.05, 3.63) is 86.7 Å². The maximum absolute atomic E-state index is 13.6. The van der Waals surface area contributed by atoms with Gasteiger partial charge in [0.1, 0.15) is 11.4 Å². The summed E-state index contributed by atoms with van der Waals surface area (Å²) < 4.78 is 5.21. The molecular formula is C24H19ClN2O3S. The second-order valence-corrected chi connectivity index (χ2v) is 8.76. The maximum atomic E-state index is 13.6. The lowest BCUT2D eigenvalue weighted by Gasteiger charge is -2.31. The molecule has 5 nitrogen and oxygen atoms in total. The van der Waals surface area contributed by atoms with Gasteiger partial charge in [0, 0.05) is 18.0 Å². The van der Waals surface area contributed by atoms with Crippen LogP contribution in [0.3, 0.4) is 0 Å². The summed E-state index contributed by atoms with van der Waals surface area (Å²) in [5.41, 5.74) is 3.80. The monoisotopic (exact) mass is 450 g/mol. The summed E-state index contributed by atoms with van der Waals surface area (Å²) in [5.74, 6) is -0.166. The van der Waals surface area contributed by atoms with Gasteiger partial charge < -0.3 is 9.64 Å². The zero-order valence-electron chi connectivity index (χ0n) is 16.8. The molecule has 3 aromatic rings. The maximum Gasteiger partial charge on any atom is 0.282 e. The first-order chi connectivity index (χ1) is 15.1. The van der Waals surface area contributed by atoms with Crippen molar-refractivity contribution >= 4 is 46.0 Å². The van der Waals surface area contributed by atoms with E-state index in [1.807, 2.05) is 34.5 Å². The van der Waals surface area contributed by atoms with Gasteiger partial charge in [-0.05, 0) is 47.2 Å². The minimum Gasteiger partial charge on any atom is -0.495 e. The molecule has 0 bridgehead atoms. The quantitative estimate of drug-likeness (QED) is 0.538. The Morgan fingerprint density at radius 1 is 1.00 bits per heavy atom. The van der Waals surface area contributed by atoms with Crippen molar-refractivity contribution < 1.29 is 14.3 Å². The summed E-state index contributed by atoms with van der Waals surface area (Å²) in [6.07, 6.45) is 0.827. The molecule has 156 valence electrons. The fourth-order valence-corrected chi connectivity index (χ4v) is 5.18. The molecule has 0 saturated carbocycles. The standard InChI is InChI=1S/C24H19ClN2O3S/c1-30-19-9-8-17(13-18(19)25)27-23(28)21(20-7-4-12-31-20)22(24(27)29)26-11-10-15-5-2-3-6-16(15)14-26/h2-9,12-13H,10-11,14H2,1H3. The van der Waals surface area contributed by atoms with E-state index in [2.05, 4.69) is 12.1 Å². The van der Waals surface area contributed by atoms with Gasteiger partial charge >= 0.3 is 0 Å². The molecule has 2 aromatic carbocycles. The van der Waals surface area contributed by atoms with Crippen LogP contribution in [0.1, 0.15) is 16.0 Å². The Kier molecular flexibility index (Phi) is 5.04. The van der Waals surface area contributed by atoms with Crippen LogP contribution in [0, 0.1) is 0 Å². The normalized spacial score (nSPS) is 16.2. The summed E-state index contributed by atoms with van der Waals surface area (Å²) in [6.45, 7) is 1.27. The van der Waals surface area contributed by atoms with E-state index in [-0.39, 0.29) is 11.8 Å². The number of benzene rings is 2. The predicted octanol–water partition coefficient (Wildman–Crippen LogP) is 4.75. The van der Waals surface area contributed by atoms with Crippen LogP contribution in [0.2, 0.25) is 5.02 Å². The summed E-state index contributed by atoms with van der Waals surface area (Å²) in [4.78, 5) is 31.2. The highest BCUT2D eigenvalue weighted by molar-refractivity contribution is 7.11. The van der Waals surface area contributed by atoms with Gasteiger partial charge in [-0.15, -0.1) is 11.3 Å². The molecule has 2 aliphatic rings. The molecule has 5 rings (SSSR count). The molecule has 3 heterocycles. The van der Waals surface area contributed by atoms with Crippen molar-refractivity contribution in [3.8, 4) is 5.75 Å². The largest absolute Gasteiger partial charge is 0.495 e. The van der Waals surface area contributed by atoms with Crippen LogP contribution in [0.15, 0.2) is 65.7 Å². The smallest absolute Gasteiger partial charge is 0.282 e. The Hall–Kier alpha value is -3.09. The van der Waals surface area contributed by atoms with Crippen LogP contribution in [-0.4, -0.2) is 30.4 Å². The van der Waals surface area contributed by atoms with E-state index in [0.717, 1.165) is 11.3 Å². The number of methoxy groups -OCH3 is 1. The Morgan fingerprint density at radius 2 is 1.81 bits per heavy atom. The third kappa shape index (κ3) is 3.32. The van der Waals surface area contributed by atoms with Crippen LogP contribution in [-0.2, 0) is 22.6 Å². The number of ether oxygens (including phenoxy) is 1. The average Bonchev–Trinajstić information content (AvgIpc) is 3.39. The first-order valence-corrected chi connectivity index (χ1v) is 11.2. The SMILES string of the molecule is COc1ccc(N2C(=O)C(c3cccs3)=C(N3CCc4ccccc4C3)C2=O)cc1Cl. The highest BCUT2D eigenvalue weighted by Crippen LogP contribution is 2.39. The van der Waals surface area contributed by atoms with Crippen molar-refractivity contribution in [2.75, 3.05) is 18.6 Å². The fourth-order valence-electron chi connectivity index (χ4n) is 4.17. The van der Waals surface area contributed by atoms with Gasteiger partial charge in [0.2, 0.25) is 0 Å². The third-order valence-electron chi connectivity index (χ3n) is 5.67. The number of hydrogen-bond acceptors (Lipinski definition) is 5. The third-order valence-corrected chi connectivity index (χ3v) is 6.85. The van der Waals surface area contributed by atoms with Gasteiger partial charge in [0.05, 0.1) is 23.4 Å². The van der Waals surface area contributed by atoms with Crippen molar-refractivity contribution in [2.45, 2.75) is 13.0 Å². The van der Waals surface area contributed by atoms with Crippen molar-refractivity contribution in [2.24, 2.45) is 0 Å². The summed E-state index contributed by atoms with van der Waals surface area (Å²) in [5, 5.41) is 2.26. The molecule has 0 spiro atoms. The number of hydrogen-bond donors (Lipinski definition) is 0. The number of thiophene rings is 1. The summed E-state index contributed by atoms with van der Waals surface area (Å²) in [6, 6.07) is 16.9. The minimum atomic E-state index is -0.331. The molecule has 2 amide bonds. The van der Waals surface area contributed by atoms with E-state index in [9.17, 15) is 9.59 Å². The molecule has 1 aromatic heterocycles. The molecule has 0 saturated heterocycles. The van der Waals surface area contributed by atoms with Crippen LogP contribution in [0.5, 0.6) is 5.75 Å². The zero-order chi connectivity index (χ0) is 21.5. The van der Waals surface area contributed by atoms with Crippen LogP contribution < -0.4 is 9.64 Å². The van der Waals surface area contributed by atoms with Gasteiger partial charge in [0.25, 0.3) is 11.8 Å². The van der Waals surface area contributed by atoms with E-state index in [1.165, 1.54) is 34.5 Å². The number of fused-ring (bicyclic) bond motifs is 1. The number of amides is 2. The van der Waals surface area contributed by atoms with E-state index < -0.39 is 0 Å². The number of carbonyl (C=O) groups excluding carboxylic acids is 2. The lowest BCUT2D eigenvalue weighted by atomic mass is 9.99. The average molecular weight is 451 g/mol. The van der Waals surface area contributed by atoms with Crippen LogP contribution >= 0.6 is 22.9 Å². The fraction of sp³-hybridized carbons (Fsp3) is 0.167. The number of imide groups is 1. The lowest BCUT2D eigenvalue weighted by molar-refractivity contribution is -0.120. The number of halogens is 1. The molecule has 0 unspecified atom stereocenters. The number of carbonyl (C=O) groups is 2. The molecule has 0 fully saturated rings. The molecule has 0 aliphatic carbocycles. The highest BCUT2D eigenvalue weighted by atomic mass is 35.5. The highest BCUT2D eigenvalue weighted by Gasteiger charge is 2.43. The molecule has 2 aliphatic heterocycles. The Bertz CT molecular complexity index is 1220. The number of nitrogens with zero attached hydrogens (tertiary/aromatic N) is 2. The van der Waals surface area contributed by atoms with Crippen molar-refractivity contribution in [1.82, 2.24) is 4.90 Å². The summed E-state index contributed by atoms with van der Waals surface area (Å²) >= 11 is 7.74. The van der Waals surface area contributed by atoms with E-state index in [1.54, 1.807) is 18.2 Å². The number of rotatable bonds is 4. The Balaban J connectivity index is 1.58. The second-order valence-electron chi connectivity index (χ2n) is 7.41. The first-order valence-electron chi connectivity index (χ1n) is 9.90. The topological polar surface area (TPSA) is 49.9 Å². The van der Waals surface area contributed by atoms with Gasteiger partial charge in [0.15, 0.2) is 0 Å². The van der Waals surface area contributed by atoms with Crippen molar-refractivity contribution in [1.29, 1.82) is 0 Å². The van der Waals surface area contributed by atoms with E-state index >= 15 is 0 Å². The van der Waals surface area contributed by atoms with Gasteiger partial charge in [-0.2, -0.15) is 0 Å². The molecule has 7 heteroatoms. The van der Waals surface area contributed by atoms with E-state index in [0.29, 0.717) is 40.8 Å². The molecule has 0 atom stereocenters. The Morgan fingerprint density at radius 3 is 2.52 bits per heavy atom. The zero-order valence-corrected chi connectivity index (χ0v) is 18.4. The summed E-state index contributed by atoms with van der Waals surface area (Å²) in [7, 11) is 1.52. The molecular weight excluding hydrogens is 432 g/mol. The Labute approximate surface area is 189 Å². The second kappa shape index (κ2) is 7.87. The first kappa shape index (κ1) is 19.8. The molecule has 0 radical (unpaired) electrons. The van der Waals surface area contributed by atoms with Crippen LogP contribution in [0.4, 0.5) is 5.69 Å². The lowest BCUT2D eigenvalue weighted by Crippen LogP contribution is -2.37. The predicted molar refractivity (Wildman–Crippen MR) is 122 cm³/mol. The van der Waals surface area contributed by atoms with Crippen molar-refractivity contribution in [3.63, 3.8) is 0 Å². The van der Waals surface area contributed by atoms with E-state index in [4.69, 9.17) is 16.3 Å². The molecule has 31 heavy (non-hydrogen) atoms.